The van der Waals surface area contributed by atoms with Crippen molar-refractivity contribution in [1.82, 2.24) is 20.3 Å². The van der Waals surface area contributed by atoms with E-state index >= 15 is 0 Å². The number of aromatic nitrogens is 3. The molecule has 1 unspecified atom stereocenters. The lowest BCUT2D eigenvalue weighted by molar-refractivity contribution is -0.0713. The van der Waals surface area contributed by atoms with Gasteiger partial charge in [-0.15, -0.1) is 0 Å². The van der Waals surface area contributed by atoms with Crippen LogP contribution in [0.15, 0.2) is 39.8 Å². The molecule has 3 heterocycles. The highest BCUT2D eigenvalue weighted by atomic mass is 32.2. The van der Waals surface area contributed by atoms with Crippen LogP contribution in [-0.2, 0) is 0 Å². The molecule has 2 aliphatic rings. The fourth-order valence-electron chi connectivity index (χ4n) is 5.15. The number of halogens is 2. The van der Waals surface area contributed by atoms with Gasteiger partial charge < -0.3 is 33.7 Å². The second-order valence-electron chi connectivity index (χ2n) is 10.5. The summed E-state index contributed by atoms with van der Waals surface area (Å²) >= 11 is 1.19. The predicted octanol–water partition coefficient (Wildman–Crippen LogP) is 6.37. The molecule has 2 aromatic carbocycles. The van der Waals surface area contributed by atoms with Crippen molar-refractivity contribution in [3.8, 4) is 17.2 Å². The Balaban J connectivity index is 1.24. The number of rotatable bonds is 10. The quantitative estimate of drug-likeness (QED) is 0.181. The third-order valence-corrected chi connectivity index (χ3v) is 8.54. The van der Waals surface area contributed by atoms with E-state index in [0.717, 1.165) is 5.69 Å². The number of H-pyrrole nitrogens is 1. The summed E-state index contributed by atoms with van der Waals surface area (Å²) in [5.74, 6) is -0.651. The zero-order valence-corrected chi connectivity index (χ0v) is 24.0. The molecule has 218 valence electrons. The number of hydrogen-bond donors (Lipinski definition) is 3. The third-order valence-electron chi connectivity index (χ3n) is 7.64. The van der Waals surface area contributed by atoms with E-state index < -0.39 is 11.8 Å². The van der Waals surface area contributed by atoms with Crippen LogP contribution < -0.4 is 24.2 Å². The number of aromatic amines is 1. The summed E-state index contributed by atoms with van der Waals surface area (Å²) in [5.41, 5.74) is 2.81. The van der Waals surface area contributed by atoms with Gasteiger partial charge in [0.25, 0.3) is 5.92 Å². The van der Waals surface area contributed by atoms with Crippen molar-refractivity contribution < 1.29 is 27.5 Å². The van der Waals surface area contributed by atoms with Crippen molar-refractivity contribution in [2.75, 3.05) is 51.5 Å². The molecule has 1 saturated heterocycles. The molecule has 2 fully saturated rings. The van der Waals surface area contributed by atoms with Gasteiger partial charge in [0.2, 0.25) is 0 Å². The second kappa shape index (κ2) is 10.9. The number of benzene rings is 2. The first-order valence-corrected chi connectivity index (χ1v) is 14.2. The van der Waals surface area contributed by atoms with Gasteiger partial charge in [-0.1, -0.05) is 5.16 Å². The summed E-state index contributed by atoms with van der Waals surface area (Å²) in [4.78, 5) is 2.51. The monoisotopic (exact) mass is 586 g/mol. The predicted molar refractivity (Wildman–Crippen MR) is 153 cm³/mol. The van der Waals surface area contributed by atoms with E-state index in [1.165, 1.54) is 39.0 Å². The maximum Gasteiger partial charge on any atom is 0.257 e. The van der Waals surface area contributed by atoms with Gasteiger partial charge >= 0.3 is 0 Å². The minimum absolute atomic E-state index is 0.194. The third kappa shape index (κ3) is 5.47. The van der Waals surface area contributed by atoms with E-state index in [-0.39, 0.29) is 13.0 Å². The summed E-state index contributed by atoms with van der Waals surface area (Å²) in [6, 6.07) is 8.96. The summed E-state index contributed by atoms with van der Waals surface area (Å²) in [6.07, 6.45) is 2.16. The van der Waals surface area contributed by atoms with Crippen molar-refractivity contribution in [2.45, 2.75) is 41.9 Å². The van der Waals surface area contributed by atoms with E-state index in [1.54, 1.807) is 25.3 Å². The van der Waals surface area contributed by atoms with Gasteiger partial charge in [-0.3, -0.25) is 5.10 Å². The highest BCUT2D eigenvalue weighted by Gasteiger charge is 2.44. The highest BCUT2D eigenvalue weighted by Crippen LogP contribution is 2.47. The number of nitrogens with one attached hydrogen (secondary N) is 3. The molecule has 41 heavy (non-hydrogen) atoms. The first-order valence-electron chi connectivity index (χ1n) is 13.3. The van der Waals surface area contributed by atoms with E-state index in [1.807, 2.05) is 24.1 Å². The van der Waals surface area contributed by atoms with Crippen LogP contribution >= 0.6 is 11.9 Å². The zero-order chi connectivity index (χ0) is 28.7. The van der Waals surface area contributed by atoms with Crippen LogP contribution in [0.2, 0.25) is 0 Å². The lowest BCUT2D eigenvalue weighted by atomic mass is 9.87. The van der Waals surface area contributed by atoms with Crippen LogP contribution in [-0.4, -0.2) is 67.6 Å². The topological polar surface area (TPSA) is 110 Å². The molecule has 1 aliphatic heterocycles. The average molecular weight is 587 g/mol. The molecular formula is C28H32F2N6O4S. The summed E-state index contributed by atoms with van der Waals surface area (Å²) in [7, 11) is 6.45. The molecule has 0 radical (unpaired) electrons. The van der Waals surface area contributed by atoms with Gasteiger partial charge in [-0.05, 0) is 55.6 Å². The first-order chi connectivity index (χ1) is 19.8. The van der Waals surface area contributed by atoms with Crippen LogP contribution in [0.25, 0.3) is 11.0 Å². The van der Waals surface area contributed by atoms with E-state index in [4.69, 9.17) is 18.7 Å². The molecule has 6 rings (SSSR count). The maximum atomic E-state index is 14.9. The van der Waals surface area contributed by atoms with E-state index in [9.17, 15) is 8.78 Å². The lowest BCUT2D eigenvalue weighted by Gasteiger charge is -2.37. The molecule has 0 bridgehead atoms. The van der Waals surface area contributed by atoms with Gasteiger partial charge in [0.05, 0.1) is 38.3 Å². The summed E-state index contributed by atoms with van der Waals surface area (Å²) in [6.45, 7) is 0.601. The molecule has 3 N–H and O–H groups in total. The minimum atomic E-state index is -2.82. The fraction of sp³-hybridized carbons (Fsp3) is 0.429. The number of nitrogens with zero attached hydrogens (tertiary/aromatic N) is 3. The second-order valence-corrected chi connectivity index (χ2v) is 11.3. The van der Waals surface area contributed by atoms with E-state index in [0.29, 0.717) is 68.5 Å². The Morgan fingerprint density at radius 3 is 2.46 bits per heavy atom. The standard InChI is InChI=1S/C28H32F2N6O4S/c1-36-8-7-28(29,30)18(14-36)16-9-23(38-3)26(24(10-16)39-4)41-35-27-17-11-22(37-2)20(12-21(17)40-34-27)31-25-13-19(32-33-25)15-5-6-15/h9-13,15,18H,5-8,14H2,1-4H3,(H,34,35)(H2,31,32,33). The van der Waals surface area contributed by atoms with Crippen LogP contribution in [0.3, 0.4) is 0 Å². The number of hydrogen-bond acceptors (Lipinski definition) is 10. The Labute approximate surface area is 240 Å². The fourth-order valence-corrected chi connectivity index (χ4v) is 5.98. The van der Waals surface area contributed by atoms with Crippen LogP contribution in [0.1, 0.15) is 42.4 Å². The summed E-state index contributed by atoms with van der Waals surface area (Å²) in [5, 5.41) is 15.6. The number of anilines is 3. The van der Waals surface area contributed by atoms with E-state index in [2.05, 4.69) is 25.4 Å². The normalized spacial score (nSPS) is 18.8. The smallest absolute Gasteiger partial charge is 0.257 e. The number of piperidine rings is 1. The molecule has 13 heteroatoms. The Morgan fingerprint density at radius 2 is 1.78 bits per heavy atom. The van der Waals surface area contributed by atoms with Crippen molar-refractivity contribution in [3.63, 3.8) is 0 Å². The Morgan fingerprint density at radius 1 is 1.05 bits per heavy atom. The van der Waals surface area contributed by atoms with Crippen LogP contribution in [0.4, 0.5) is 26.1 Å². The zero-order valence-electron chi connectivity index (χ0n) is 23.2. The first kappa shape index (κ1) is 27.5. The van der Waals surface area contributed by atoms with Crippen molar-refractivity contribution in [1.29, 1.82) is 0 Å². The number of ether oxygens (including phenoxy) is 3. The Hall–Kier alpha value is -3.71. The number of fused-ring (bicyclic) bond motifs is 1. The molecule has 10 nitrogen and oxygen atoms in total. The number of likely N-dealkylation sites (tertiary alicyclic amines) is 1. The molecule has 1 atom stereocenters. The van der Waals surface area contributed by atoms with Crippen molar-refractivity contribution in [2.24, 2.45) is 0 Å². The van der Waals surface area contributed by atoms with Crippen LogP contribution in [0.5, 0.6) is 17.2 Å². The Bertz CT molecular complexity index is 1530. The minimum Gasteiger partial charge on any atom is -0.495 e. The molecule has 4 aromatic rings. The molecule has 0 spiro atoms. The summed E-state index contributed by atoms with van der Waals surface area (Å²) < 4.78 is 55.4. The molecule has 1 aliphatic carbocycles. The number of alkyl halides is 2. The lowest BCUT2D eigenvalue weighted by Crippen LogP contribution is -2.43. The molecule has 1 saturated carbocycles. The largest absolute Gasteiger partial charge is 0.495 e. The van der Waals surface area contributed by atoms with Gasteiger partial charge in [0.1, 0.15) is 22.1 Å². The van der Waals surface area contributed by atoms with Gasteiger partial charge in [-0.25, -0.2) is 8.78 Å². The van der Waals surface area contributed by atoms with Crippen LogP contribution in [0, 0.1) is 0 Å². The number of methoxy groups -OCH3 is 3. The maximum absolute atomic E-state index is 14.9. The Kier molecular flexibility index (Phi) is 7.32. The average Bonchev–Trinajstić information content (AvgIpc) is 3.59. The van der Waals surface area contributed by atoms with Crippen molar-refractivity contribution >= 4 is 40.2 Å². The molecule has 2 aromatic heterocycles. The van der Waals surface area contributed by atoms with Crippen molar-refractivity contribution in [3.05, 3.63) is 41.6 Å². The van der Waals surface area contributed by atoms with Gasteiger partial charge in [0, 0.05) is 43.3 Å². The molecule has 0 amide bonds. The number of likely N-dealkylation sites (N-methyl/N-ethyl adjacent to an activating group) is 1. The highest BCUT2D eigenvalue weighted by molar-refractivity contribution is 8.00. The van der Waals surface area contributed by atoms with Gasteiger partial charge in [-0.2, -0.15) is 5.10 Å². The molecular weight excluding hydrogens is 554 g/mol. The SMILES string of the molecule is COc1cc2c(NSc3c(OC)cc(C4CN(C)CCC4(F)F)cc3OC)noc2cc1Nc1cc(C2CC2)[nH]n1. The van der Waals surface area contributed by atoms with Gasteiger partial charge in [0.15, 0.2) is 17.2 Å².